The summed E-state index contributed by atoms with van der Waals surface area (Å²) < 4.78 is 12.1. The highest BCUT2D eigenvalue weighted by Crippen LogP contribution is 2.29. The number of nitrogens with one attached hydrogen (secondary N) is 1. The topological polar surface area (TPSA) is 47.6 Å². The second-order valence-electron chi connectivity index (χ2n) is 8.20. The minimum atomic E-state index is -0.810. The Labute approximate surface area is 182 Å². The van der Waals surface area contributed by atoms with Crippen molar-refractivity contribution in [1.29, 1.82) is 0 Å². The number of benzene rings is 2. The maximum absolute atomic E-state index is 13.1. The van der Waals surface area contributed by atoms with Gasteiger partial charge in [-0.3, -0.25) is 4.79 Å². The molecule has 2 rings (SSSR count). The number of anilines is 1. The predicted molar refractivity (Wildman–Crippen MR) is 124 cm³/mol. The van der Waals surface area contributed by atoms with Gasteiger partial charge in [0, 0.05) is 12.3 Å². The average molecular weight is 412 g/mol. The molecule has 164 valence electrons. The molecule has 0 aliphatic carbocycles. The van der Waals surface area contributed by atoms with Crippen molar-refractivity contribution >= 4 is 11.6 Å². The van der Waals surface area contributed by atoms with E-state index < -0.39 is 5.60 Å². The molecule has 0 aromatic heterocycles. The van der Waals surface area contributed by atoms with Gasteiger partial charge in [0.15, 0.2) is 0 Å². The summed E-state index contributed by atoms with van der Waals surface area (Å²) in [5.41, 5.74) is 3.11. The number of amides is 1. The van der Waals surface area contributed by atoms with Crippen LogP contribution in [0.4, 0.5) is 5.69 Å². The molecule has 1 unspecified atom stereocenters. The molecule has 2 aromatic carbocycles. The molecule has 4 heteroatoms. The van der Waals surface area contributed by atoms with Gasteiger partial charge in [-0.25, -0.2) is 0 Å². The van der Waals surface area contributed by atoms with Gasteiger partial charge in [0.25, 0.3) is 5.91 Å². The number of carbonyl (C=O) groups excluding carboxylic acids is 1. The van der Waals surface area contributed by atoms with Gasteiger partial charge in [-0.1, -0.05) is 63.4 Å². The Bertz CT molecular complexity index is 780. The quantitative estimate of drug-likeness (QED) is 0.401. The zero-order valence-corrected chi connectivity index (χ0v) is 19.2. The zero-order valence-electron chi connectivity index (χ0n) is 19.2. The van der Waals surface area contributed by atoms with Gasteiger partial charge < -0.3 is 14.8 Å². The van der Waals surface area contributed by atoms with Crippen molar-refractivity contribution < 1.29 is 14.3 Å². The van der Waals surface area contributed by atoms with E-state index in [0.717, 1.165) is 60.2 Å². The second kappa shape index (κ2) is 11.8. The van der Waals surface area contributed by atoms with Crippen molar-refractivity contribution in [1.82, 2.24) is 0 Å². The number of hydrogen-bond acceptors (Lipinski definition) is 3. The average Bonchev–Trinajstić information content (AvgIpc) is 2.72. The number of rotatable bonds is 12. The molecule has 4 nitrogen and oxygen atoms in total. The van der Waals surface area contributed by atoms with Crippen molar-refractivity contribution in [3.8, 4) is 5.75 Å². The molecule has 30 heavy (non-hydrogen) atoms. The van der Waals surface area contributed by atoms with Crippen LogP contribution in [0.25, 0.3) is 0 Å². The Balaban J connectivity index is 2.09. The lowest BCUT2D eigenvalue weighted by Crippen LogP contribution is -2.43. The second-order valence-corrected chi connectivity index (χ2v) is 8.20. The first kappa shape index (κ1) is 23.9. The van der Waals surface area contributed by atoms with Gasteiger partial charge in [-0.05, 0) is 62.4 Å². The van der Waals surface area contributed by atoms with Gasteiger partial charge in [0.2, 0.25) is 0 Å². The lowest BCUT2D eigenvalue weighted by atomic mass is 9.96. The summed E-state index contributed by atoms with van der Waals surface area (Å²) in [4.78, 5) is 13.1. The minimum absolute atomic E-state index is 0.0798. The molecule has 0 radical (unpaired) electrons. The monoisotopic (exact) mass is 411 g/mol. The van der Waals surface area contributed by atoms with Crippen molar-refractivity contribution in [2.24, 2.45) is 0 Å². The number of unbranched alkanes of at least 4 members (excludes halogenated alkanes) is 2. The van der Waals surface area contributed by atoms with E-state index in [0.29, 0.717) is 13.2 Å². The molecule has 0 spiro atoms. The third-order valence-electron chi connectivity index (χ3n) is 5.31. The van der Waals surface area contributed by atoms with Crippen LogP contribution in [-0.2, 0) is 16.1 Å². The molecule has 0 bridgehead atoms. The van der Waals surface area contributed by atoms with E-state index in [1.807, 2.05) is 51.1 Å². The highest BCUT2D eigenvalue weighted by molar-refractivity contribution is 5.97. The molecule has 0 saturated carbocycles. The summed E-state index contributed by atoms with van der Waals surface area (Å²) in [6.45, 7) is 11.3. The van der Waals surface area contributed by atoms with E-state index in [9.17, 15) is 4.79 Å². The fourth-order valence-electron chi connectivity index (χ4n) is 3.53. The molecule has 1 N–H and O–H groups in total. The van der Waals surface area contributed by atoms with Gasteiger partial charge in [-0.15, -0.1) is 0 Å². The molecule has 0 saturated heterocycles. The van der Waals surface area contributed by atoms with Crippen LogP contribution < -0.4 is 10.1 Å². The van der Waals surface area contributed by atoms with Gasteiger partial charge in [0.1, 0.15) is 18.0 Å². The highest BCUT2D eigenvalue weighted by atomic mass is 16.5. The summed E-state index contributed by atoms with van der Waals surface area (Å²) in [6, 6.07) is 14.1. The molecule has 0 heterocycles. The minimum Gasteiger partial charge on any atom is -0.488 e. The van der Waals surface area contributed by atoms with E-state index in [4.69, 9.17) is 9.47 Å². The molecule has 2 aromatic rings. The summed E-state index contributed by atoms with van der Waals surface area (Å²) in [6.07, 6.45) is 4.82. The van der Waals surface area contributed by atoms with Crippen LogP contribution in [0.2, 0.25) is 0 Å². The van der Waals surface area contributed by atoms with E-state index >= 15 is 0 Å². The van der Waals surface area contributed by atoms with Crippen LogP contribution in [-0.4, -0.2) is 18.1 Å². The standard InChI is InChI=1S/C26H37NO3/c1-6-8-12-15-26(5,30-16-7-2)25(28)27-23-17-20(3)24(21(4)18-23)29-19-22-13-10-9-11-14-22/h9-11,13-14,17-18H,6-8,12,15-16,19H2,1-5H3,(H,27,28). The maximum atomic E-state index is 13.1. The third kappa shape index (κ3) is 6.88. The maximum Gasteiger partial charge on any atom is 0.256 e. The molecule has 0 aliphatic rings. The molecule has 1 amide bonds. The van der Waals surface area contributed by atoms with Gasteiger partial charge >= 0.3 is 0 Å². The molecule has 1 atom stereocenters. The fourth-order valence-corrected chi connectivity index (χ4v) is 3.53. The Morgan fingerprint density at radius 3 is 2.27 bits per heavy atom. The SMILES string of the molecule is CCCCCC(C)(OCCC)C(=O)Nc1cc(C)c(OCc2ccccc2)c(C)c1. The molecule has 0 fully saturated rings. The fraction of sp³-hybridized carbons (Fsp3) is 0.500. The van der Waals surface area contributed by atoms with Crippen molar-refractivity contribution in [3.63, 3.8) is 0 Å². The van der Waals surface area contributed by atoms with Crippen LogP contribution >= 0.6 is 0 Å². The van der Waals surface area contributed by atoms with Crippen LogP contribution in [0, 0.1) is 13.8 Å². The number of ether oxygens (including phenoxy) is 2. The van der Waals surface area contributed by atoms with Crippen molar-refractivity contribution in [3.05, 3.63) is 59.2 Å². The Kier molecular flexibility index (Phi) is 9.38. The number of hydrogen-bond donors (Lipinski definition) is 1. The zero-order chi connectivity index (χ0) is 22.0. The lowest BCUT2D eigenvalue weighted by molar-refractivity contribution is -0.140. The number of carbonyl (C=O) groups is 1. The van der Waals surface area contributed by atoms with Crippen LogP contribution in [0.3, 0.4) is 0 Å². The summed E-state index contributed by atoms with van der Waals surface area (Å²) in [5.74, 6) is 0.786. The van der Waals surface area contributed by atoms with E-state index in [2.05, 4.69) is 31.3 Å². The number of aryl methyl sites for hydroxylation is 2. The normalized spacial score (nSPS) is 13.0. The predicted octanol–water partition coefficient (Wildman–Crippen LogP) is 6.59. The van der Waals surface area contributed by atoms with Crippen LogP contribution in [0.15, 0.2) is 42.5 Å². The van der Waals surface area contributed by atoms with Crippen molar-refractivity contribution in [2.45, 2.75) is 78.9 Å². The molecular formula is C26H37NO3. The first-order valence-corrected chi connectivity index (χ1v) is 11.1. The molecular weight excluding hydrogens is 374 g/mol. The van der Waals surface area contributed by atoms with E-state index in [-0.39, 0.29) is 5.91 Å². The smallest absolute Gasteiger partial charge is 0.256 e. The summed E-state index contributed by atoms with van der Waals surface area (Å²) >= 11 is 0. The summed E-state index contributed by atoms with van der Waals surface area (Å²) in [5, 5.41) is 3.08. The highest BCUT2D eigenvalue weighted by Gasteiger charge is 2.33. The molecule has 0 aliphatic heterocycles. The summed E-state index contributed by atoms with van der Waals surface area (Å²) in [7, 11) is 0. The van der Waals surface area contributed by atoms with Gasteiger partial charge in [-0.2, -0.15) is 0 Å². The van der Waals surface area contributed by atoms with Gasteiger partial charge in [0.05, 0.1) is 0 Å². The lowest BCUT2D eigenvalue weighted by Gasteiger charge is -2.29. The first-order chi connectivity index (χ1) is 14.4. The van der Waals surface area contributed by atoms with Crippen LogP contribution in [0.1, 0.15) is 69.6 Å². The Morgan fingerprint density at radius 1 is 1.00 bits per heavy atom. The Morgan fingerprint density at radius 2 is 1.67 bits per heavy atom. The Hall–Kier alpha value is -2.33. The van der Waals surface area contributed by atoms with E-state index in [1.54, 1.807) is 0 Å². The first-order valence-electron chi connectivity index (χ1n) is 11.1. The van der Waals surface area contributed by atoms with Crippen LogP contribution in [0.5, 0.6) is 5.75 Å². The van der Waals surface area contributed by atoms with Crippen molar-refractivity contribution in [2.75, 3.05) is 11.9 Å². The van der Waals surface area contributed by atoms with E-state index in [1.165, 1.54) is 0 Å². The largest absolute Gasteiger partial charge is 0.488 e. The third-order valence-corrected chi connectivity index (χ3v) is 5.31.